The van der Waals surface area contributed by atoms with Gasteiger partial charge in [-0.3, -0.25) is 4.79 Å². The average Bonchev–Trinajstić information content (AvgIpc) is 2.53. The van der Waals surface area contributed by atoms with E-state index in [1.54, 1.807) is 17.0 Å². The second-order valence-corrected chi connectivity index (χ2v) is 4.71. The Kier molecular flexibility index (Phi) is 5.27. The van der Waals surface area contributed by atoms with E-state index in [0.29, 0.717) is 18.7 Å². The van der Waals surface area contributed by atoms with Crippen molar-refractivity contribution in [3.8, 4) is 5.75 Å². The molecule has 1 saturated heterocycles. The third-order valence-corrected chi connectivity index (χ3v) is 3.34. The number of nitrogens with zero attached hydrogens (tertiary/aromatic N) is 1. The fourth-order valence-electron chi connectivity index (χ4n) is 2.19. The highest BCUT2D eigenvalue weighted by Gasteiger charge is 2.15. The smallest absolute Gasteiger partial charge is 0.267 e. The lowest BCUT2D eigenvalue weighted by Gasteiger charge is -2.26. The average molecular weight is 296 g/mol. The van der Waals surface area contributed by atoms with E-state index >= 15 is 0 Å². The van der Waals surface area contributed by atoms with E-state index in [2.05, 4.69) is 5.32 Å². The van der Waals surface area contributed by atoms with E-state index in [4.69, 9.17) is 4.74 Å². The molecule has 1 heterocycles. The lowest BCUT2D eigenvalue weighted by molar-refractivity contribution is -0.126. The van der Waals surface area contributed by atoms with Crippen LogP contribution < -0.4 is 10.1 Å². The number of hydrogen-bond acceptors (Lipinski definition) is 3. The number of amides is 1. The van der Waals surface area contributed by atoms with E-state index in [0.717, 1.165) is 13.1 Å². The van der Waals surface area contributed by atoms with Crippen LogP contribution in [0.4, 0.5) is 8.78 Å². The number of carbonyl (C=O) groups is 1. The Hall–Kier alpha value is -1.95. The fourth-order valence-corrected chi connectivity index (χ4v) is 2.19. The van der Waals surface area contributed by atoms with Crippen LogP contribution in [0.25, 0.3) is 6.08 Å². The van der Waals surface area contributed by atoms with Crippen molar-refractivity contribution in [1.82, 2.24) is 10.2 Å². The van der Waals surface area contributed by atoms with Crippen molar-refractivity contribution in [1.29, 1.82) is 0 Å². The summed E-state index contributed by atoms with van der Waals surface area (Å²) in [5, 5.41) is 3.16. The van der Waals surface area contributed by atoms with Crippen LogP contribution in [0.2, 0.25) is 0 Å². The van der Waals surface area contributed by atoms with Crippen LogP contribution in [0.3, 0.4) is 0 Å². The summed E-state index contributed by atoms with van der Waals surface area (Å²) in [5.74, 6) is 0.0431. The summed E-state index contributed by atoms with van der Waals surface area (Å²) in [5.41, 5.74) is 0.379. The zero-order valence-electron chi connectivity index (χ0n) is 11.8. The summed E-state index contributed by atoms with van der Waals surface area (Å²) in [6.07, 6.45) is 0.357. The first-order chi connectivity index (χ1) is 10.1. The fraction of sp³-hybridized carbons (Fsp3) is 0.400. The van der Waals surface area contributed by atoms with E-state index in [1.807, 2.05) is 0 Å². The van der Waals surface area contributed by atoms with Crippen molar-refractivity contribution in [3.05, 3.63) is 35.4 Å². The quantitative estimate of drug-likeness (QED) is 0.865. The van der Waals surface area contributed by atoms with Crippen LogP contribution in [-0.4, -0.2) is 44.1 Å². The number of hydrogen-bond donors (Lipinski definition) is 1. The van der Waals surface area contributed by atoms with Crippen molar-refractivity contribution >= 4 is 12.0 Å². The lowest BCUT2D eigenvalue weighted by Crippen LogP contribution is -2.45. The topological polar surface area (TPSA) is 41.6 Å². The molecule has 0 saturated carbocycles. The summed E-state index contributed by atoms with van der Waals surface area (Å²) in [4.78, 5) is 13.7. The molecule has 1 aromatic rings. The Balaban J connectivity index is 2.09. The van der Waals surface area contributed by atoms with E-state index in [-0.39, 0.29) is 17.2 Å². The molecule has 0 aromatic heterocycles. The molecular formula is C15H18F2N2O2. The Bertz CT molecular complexity index is 526. The first-order valence-electron chi connectivity index (χ1n) is 6.75. The number of methoxy groups -OCH3 is 1. The van der Waals surface area contributed by atoms with Crippen molar-refractivity contribution in [2.45, 2.75) is 6.43 Å². The molecule has 21 heavy (non-hydrogen) atoms. The van der Waals surface area contributed by atoms with Crippen molar-refractivity contribution in [2.75, 3.05) is 33.3 Å². The van der Waals surface area contributed by atoms with Crippen LogP contribution in [0.15, 0.2) is 24.3 Å². The number of carbonyl (C=O) groups excluding carboxylic acids is 1. The molecule has 0 unspecified atom stereocenters. The second kappa shape index (κ2) is 7.17. The first-order valence-corrected chi connectivity index (χ1v) is 6.75. The molecule has 2 rings (SSSR count). The third-order valence-electron chi connectivity index (χ3n) is 3.34. The van der Waals surface area contributed by atoms with Gasteiger partial charge in [0.05, 0.1) is 12.7 Å². The normalized spacial score (nSPS) is 15.7. The highest BCUT2D eigenvalue weighted by atomic mass is 19.3. The number of benzene rings is 1. The number of alkyl halides is 2. The number of halogens is 2. The number of ether oxygens (including phenoxy) is 1. The van der Waals surface area contributed by atoms with Crippen LogP contribution in [0.1, 0.15) is 17.6 Å². The SMILES string of the molecule is COc1ccc(C=CC(=O)N2CCNCC2)cc1C(F)F. The highest BCUT2D eigenvalue weighted by molar-refractivity contribution is 5.91. The maximum absolute atomic E-state index is 12.9. The largest absolute Gasteiger partial charge is 0.496 e. The van der Waals surface area contributed by atoms with Gasteiger partial charge in [0, 0.05) is 32.3 Å². The van der Waals surface area contributed by atoms with Gasteiger partial charge in [-0.25, -0.2) is 8.78 Å². The number of rotatable bonds is 4. The van der Waals surface area contributed by atoms with Crippen LogP contribution in [0.5, 0.6) is 5.75 Å². The summed E-state index contributed by atoms with van der Waals surface area (Å²) in [7, 11) is 1.35. The Morgan fingerprint density at radius 3 is 2.71 bits per heavy atom. The standard InChI is InChI=1S/C15H18F2N2O2/c1-21-13-4-2-11(10-12(13)15(16)17)3-5-14(20)19-8-6-18-7-9-19/h2-5,10,15,18H,6-9H2,1H3. The molecule has 6 heteroatoms. The lowest BCUT2D eigenvalue weighted by atomic mass is 10.1. The monoisotopic (exact) mass is 296 g/mol. The maximum Gasteiger partial charge on any atom is 0.267 e. The van der Waals surface area contributed by atoms with Crippen molar-refractivity contribution < 1.29 is 18.3 Å². The molecule has 4 nitrogen and oxygen atoms in total. The summed E-state index contributed by atoms with van der Waals surface area (Å²) < 4.78 is 30.7. The van der Waals surface area contributed by atoms with Gasteiger partial charge in [-0.05, 0) is 23.8 Å². The zero-order valence-corrected chi connectivity index (χ0v) is 11.8. The van der Waals surface area contributed by atoms with E-state index in [9.17, 15) is 13.6 Å². The van der Waals surface area contributed by atoms with Gasteiger partial charge < -0.3 is 15.0 Å². The van der Waals surface area contributed by atoms with Gasteiger partial charge in [0.1, 0.15) is 5.75 Å². The zero-order chi connectivity index (χ0) is 15.2. The summed E-state index contributed by atoms with van der Waals surface area (Å²) in [6.45, 7) is 2.87. The molecular weight excluding hydrogens is 278 g/mol. The molecule has 1 fully saturated rings. The predicted octanol–water partition coefficient (Wildman–Crippen LogP) is 2.08. The molecule has 1 aliphatic rings. The van der Waals surface area contributed by atoms with Crippen LogP contribution >= 0.6 is 0 Å². The van der Waals surface area contributed by atoms with E-state index < -0.39 is 6.43 Å². The van der Waals surface area contributed by atoms with Gasteiger partial charge in [0.25, 0.3) is 6.43 Å². The van der Waals surface area contributed by atoms with Gasteiger partial charge in [-0.1, -0.05) is 6.07 Å². The molecule has 1 aliphatic heterocycles. The molecule has 1 aromatic carbocycles. The molecule has 1 N–H and O–H groups in total. The minimum Gasteiger partial charge on any atom is -0.496 e. The molecule has 0 bridgehead atoms. The molecule has 0 spiro atoms. The predicted molar refractivity (Wildman–Crippen MR) is 76.4 cm³/mol. The summed E-state index contributed by atoms with van der Waals surface area (Å²) >= 11 is 0. The Morgan fingerprint density at radius 1 is 1.38 bits per heavy atom. The van der Waals surface area contributed by atoms with Gasteiger partial charge in [0.15, 0.2) is 0 Å². The number of piperazine rings is 1. The molecule has 0 radical (unpaired) electrons. The molecule has 1 amide bonds. The van der Waals surface area contributed by atoms with Crippen LogP contribution in [-0.2, 0) is 4.79 Å². The first kappa shape index (κ1) is 15.4. The molecule has 0 aliphatic carbocycles. The minimum absolute atomic E-state index is 0.106. The summed E-state index contributed by atoms with van der Waals surface area (Å²) in [6, 6.07) is 4.47. The molecule has 0 atom stereocenters. The van der Waals surface area contributed by atoms with E-state index in [1.165, 1.54) is 25.3 Å². The van der Waals surface area contributed by atoms with Gasteiger partial charge in [-0.2, -0.15) is 0 Å². The van der Waals surface area contributed by atoms with Gasteiger partial charge in [0.2, 0.25) is 5.91 Å². The van der Waals surface area contributed by atoms with Crippen LogP contribution in [0, 0.1) is 0 Å². The maximum atomic E-state index is 12.9. The van der Waals surface area contributed by atoms with Crippen molar-refractivity contribution in [2.24, 2.45) is 0 Å². The van der Waals surface area contributed by atoms with Gasteiger partial charge in [-0.15, -0.1) is 0 Å². The second-order valence-electron chi connectivity index (χ2n) is 4.71. The van der Waals surface area contributed by atoms with Gasteiger partial charge >= 0.3 is 0 Å². The number of nitrogens with one attached hydrogen (secondary N) is 1. The third kappa shape index (κ3) is 4.01. The highest BCUT2D eigenvalue weighted by Crippen LogP contribution is 2.30. The van der Waals surface area contributed by atoms with Crippen molar-refractivity contribution in [3.63, 3.8) is 0 Å². The Labute approximate surface area is 122 Å². The Morgan fingerprint density at radius 2 is 2.10 bits per heavy atom. The molecule has 114 valence electrons. The minimum atomic E-state index is -2.61.